The molecule has 0 saturated heterocycles. The van der Waals surface area contributed by atoms with Crippen LogP contribution in [0.25, 0.3) is 0 Å². The van der Waals surface area contributed by atoms with Gasteiger partial charge in [0.1, 0.15) is 11.6 Å². The van der Waals surface area contributed by atoms with Crippen LogP contribution in [-0.4, -0.2) is 16.0 Å². The number of nitrogens with two attached hydrogens (primary N) is 1. The van der Waals surface area contributed by atoms with Crippen LogP contribution in [0.4, 0.5) is 24.8 Å². The van der Waals surface area contributed by atoms with Gasteiger partial charge in [0.05, 0.1) is 0 Å². The minimum Gasteiger partial charge on any atom is -0.384 e. The Kier molecular flexibility index (Phi) is 4.12. The lowest BCUT2D eigenvalue weighted by molar-refractivity contribution is -0.144. The predicted octanol–water partition coefficient (Wildman–Crippen LogP) is 3.18. The second-order valence-corrected chi connectivity index (χ2v) is 5.36. The van der Waals surface area contributed by atoms with Gasteiger partial charge in [-0.05, 0) is 18.4 Å². The van der Waals surface area contributed by atoms with Gasteiger partial charge in [0, 0.05) is 23.4 Å². The van der Waals surface area contributed by atoms with Crippen molar-refractivity contribution in [2.75, 3.05) is 11.1 Å². The molecule has 4 nitrogen and oxygen atoms in total. The quantitative estimate of drug-likeness (QED) is 0.910. The SMILES string of the molecule is CC(Cc1cccs1)Nc1cc(N)nc(C(F)(F)F)n1. The van der Waals surface area contributed by atoms with Crippen LogP contribution in [0.2, 0.25) is 0 Å². The number of nitrogens with zero attached hydrogens (tertiary/aromatic N) is 2. The average molecular weight is 302 g/mol. The Morgan fingerprint density at radius 1 is 1.40 bits per heavy atom. The molecule has 20 heavy (non-hydrogen) atoms. The Bertz CT molecular complexity index is 569. The summed E-state index contributed by atoms with van der Waals surface area (Å²) in [6.07, 6.45) is -3.91. The van der Waals surface area contributed by atoms with E-state index in [1.165, 1.54) is 6.07 Å². The molecule has 1 unspecified atom stereocenters. The van der Waals surface area contributed by atoms with Crippen LogP contribution in [0, 0.1) is 0 Å². The second kappa shape index (κ2) is 5.66. The molecule has 0 aliphatic rings. The van der Waals surface area contributed by atoms with Gasteiger partial charge in [-0.3, -0.25) is 0 Å². The van der Waals surface area contributed by atoms with E-state index in [-0.39, 0.29) is 17.7 Å². The Labute approximate surface area is 117 Å². The number of aromatic nitrogens is 2. The molecule has 0 radical (unpaired) electrons. The Balaban J connectivity index is 2.11. The number of halogens is 3. The molecule has 0 aromatic carbocycles. The van der Waals surface area contributed by atoms with E-state index < -0.39 is 12.0 Å². The number of hydrogen-bond donors (Lipinski definition) is 2. The fourth-order valence-electron chi connectivity index (χ4n) is 1.70. The molecule has 0 aliphatic carbocycles. The van der Waals surface area contributed by atoms with Crippen molar-refractivity contribution in [1.29, 1.82) is 0 Å². The van der Waals surface area contributed by atoms with Gasteiger partial charge in [-0.15, -0.1) is 11.3 Å². The molecule has 1 atom stereocenters. The van der Waals surface area contributed by atoms with Crippen molar-refractivity contribution in [1.82, 2.24) is 9.97 Å². The highest BCUT2D eigenvalue weighted by molar-refractivity contribution is 7.09. The first kappa shape index (κ1) is 14.6. The summed E-state index contributed by atoms with van der Waals surface area (Å²) in [7, 11) is 0. The van der Waals surface area contributed by atoms with E-state index in [4.69, 9.17) is 5.73 Å². The van der Waals surface area contributed by atoms with Crippen LogP contribution in [0.3, 0.4) is 0 Å². The molecule has 0 amide bonds. The van der Waals surface area contributed by atoms with Crippen molar-refractivity contribution in [3.8, 4) is 0 Å². The molecule has 3 N–H and O–H groups in total. The minimum atomic E-state index is -4.61. The van der Waals surface area contributed by atoms with Crippen molar-refractivity contribution in [2.45, 2.75) is 25.6 Å². The third-order valence-electron chi connectivity index (χ3n) is 2.48. The molecule has 2 aromatic heterocycles. The number of nitrogens with one attached hydrogen (secondary N) is 1. The van der Waals surface area contributed by atoms with Crippen LogP contribution >= 0.6 is 11.3 Å². The van der Waals surface area contributed by atoms with Crippen molar-refractivity contribution in [3.05, 3.63) is 34.3 Å². The van der Waals surface area contributed by atoms with Crippen molar-refractivity contribution < 1.29 is 13.2 Å². The van der Waals surface area contributed by atoms with Gasteiger partial charge in [0.15, 0.2) is 0 Å². The van der Waals surface area contributed by atoms with Crippen LogP contribution in [-0.2, 0) is 12.6 Å². The van der Waals surface area contributed by atoms with E-state index in [1.54, 1.807) is 11.3 Å². The third kappa shape index (κ3) is 3.83. The van der Waals surface area contributed by atoms with E-state index in [2.05, 4.69) is 15.3 Å². The summed E-state index contributed by atoms with van der Waals surface area (Å²) in [5.41, 5.74) is 5.38. The lowest BCUT2D eigenvalue weighted by Gasteiger charge is -2.15. The molecule has 2 rings (SSSR count). The van der Waals surface area contributed by atoms with Gasteiger partial charge in [-0.2, -0.15) is 13.2 Å². The molecule has 0 fully saturated rings. The highest BCUT2D eigenvalue weighted by Gasteiger charge is 2.35. The topological polar surface area (TPSA) is 63.8 Å². The van der Waals surface area contributed by atoms with Crippen LogP contribution in [0.5, 0.6) is 0 Å². The molecule has 0 spiro atoms. The molecular weight excluding hydrogens is 289 g/mol. The number of anilines is 2. The fraction of sp³-hybridized carbons (Fsp3) is 0.333. The molecule has 0 aliphatic heterocycles. The van der Waals surface area contributed by atoms with Gasteiger partial charge in [0.25, 0.3) is 0 Å². The normalized spacial score (nSPS) is 13.2. The van der Waals surface area contributed by atoms with E-state index in [9.17, 15) is 13.2 Å². The smallest absolute Gasteiger partial charge is 0.384 e. The summed E-state index contributed by atoms with van der Waals surface area (Å²) in [5.74, 6) is -1.37. The monoisotopic (exact) mass is 302 g/mol. The van der Waals surface area contributed by atoms with Gasteiger partial charge in [-0.25, -0.2) is 9.97 Å². The third-order valence-corrected chi connectivity index (χ3v) is 3.38. The van der Waals surface area contributed by atoms with Gasteiger partial charge >= 0.3 is 6.18 Å². The lowest BCUT2D eigenvalue weighted by Crippen LogP contribution is -2.21. The fourth-order valence-corrected chi connectivity index (χ4v) is 2.54. The molecular formula is C12H13F3N4S. The molecule has 8 heteroatoms. The summed E-state index contributed by atoms with van der Waals surface area (Å²) in [6, 6.07) is 5.12. The first-order valence-electron chi connectivity index (χ1n) is 5.85. The van der Waals surface area contributed by atoms with Crippen LogP contribution < -0.4 is 11.1 Å². The summed E-state index contributed by atoms with van der Waals surface area (Å²) in [5, 5.41) is 4.86. The van der Waals surface area contributed by atoms with Crippen molar-refractivity contribution in [3.63, 3.8) is 0 Å². The van der Waals surface area contributed by atoms with Crippen molar-refractivity contribution in [2.24, 2.45) is 0 Å². The maximum atomic E-state index is 12.6. The van der Waals surface area contributed by atoms with E-state index in [0.717, 1.165) is 4.88 Å². The van der Waals surface area contributed by atoms with E-state index >= 15 is 0 Å². The van der Waals surface area contributed by atoms with Crippen molar-refractivity contribution >= 4 is 23.0 Å². The maximum absolute atomic E-state index is 12.6. The molecule has 2 aromatic rings. The van der Waals surface area contributed by atoms with Gasteiger partial charge < -0.3 is 11.1 Å². The highest BCUT2D eigenvalue weighted by atomic mass is 32.1. The first-order valence-corrected chi connectivity index (χ1v) is 6.73. The summed E-state index contributed by atoms with van der Waals surface area (Å²) in [6.45, 7) is 1.87. The predicted molar refractivity (Wildman–Crippen MR) is 72.6 cm³/mol. The molecule has 2 heterocycles. The lowest BCUT2D eigenvalue weighted by atomic mass is 10.2. The molecule has 0 saturated carbocycles. The van der Waals surface area contributed by atoms with Crippen LogP contribution in [0.1, 0.15) is 17.6 Å². The largest absolute Gasteiger partial charge is 0.451 e. The van der Waals surface area contributed by atoms with Gasteiger partial charge in [0.2, 0.25) is 5.82 Å². The average Bonchev–Trinajstić information content (AvgIpc) is 2.79. The standard InChI is InChI=1S/C12H13F3N4S/c1-7(5-8-3-2-4-20-8)17-10-6-9(16)18-11(19-10)12(13,14)15/h2-4,6-7H,5H2,1H3,(H3,16,17,18,19). The molecule has 0 bridgehead atoms. The minimum absolute atomic E-state index is 0.0657. The number of nitrogen functional groups attached to an aromatic ring is 1. The van der Waals surface area contributed by atoms with Gasteiger partial charge in [-0.1, -0.05) is 6.07 Å². The second-order valence-electron chi connectivity index (χ2n) is 4.33. The Hall–Kier alpha value is -1.83. The summed E-state index contributed by atoms with van der Waals surface area (Å²) < 4.78 is 37.8. The number of alkyl halides is 3. The van der Waals surface area contributed by atoms with Crippen LogP contribution in [0.15, 0.2) is 23.6 Å². The maximum Gasteiger partial charge on any atom is 0.451 e. The number of thiophene rings is 1. The number of rotatable bonds is 4. The molecule has 108 valence electrons. The Morgan fingerprint density at radius 2 is 2.15 bits per heavy atom. The first-order chi connectivity index (χ1) is 9.34. The Morgan fingerprint density at radius 3 is 2.75 bits per heavy atom. The zero-order chi connectivity index (χ0) is 14.8. The zero-order valence-corrected chi connectivity index (χ0v) is 11.4. The van der Waals surface area contributed by atoms with E-state index in [1.807, 2.05) is 24.4 Å². The zero-order valence-electron chi connectivity index (χ0n) is 10.6. The van der Waals surface area contributed by atoms with E-state index in [0.29, 0.717) is 6.42 Å². The summed E-state index contributed by atoms with van der Waals surface area (Å²) >= 11 is 1.59. The highest BCUT2D eigenvalue weighted by Crippen LogP contribution is 2.28. The number of hydrogen-bond acceptors (Lipinski definition) is 5. The summed E-state index contributed by atoms with van der Waals surface area (Å²) in [4.78, 5) is 7.78.